The van der Waals surface area contributed by atoms with E-state index in [1.54, 1.807) is 13.0 Å². The molecule has 0 unspecified atom stereocenters. The van der Waals surface area contributed by atoms with Crippen molar-refractivity contribution in [2.75, 3.05) is 6.61 Å². The number of nitrogens with one attached hydrogen (secondary N) is 1. The first-order valence-electron chi connectivity index (χ1n) is 6.00. The van der Waals surface area contributed by atoms with Gasteiger partial charge < -0.3 is 15.2 Å². The van der Waals surface area contributed by atoms with E-state index in [1.165, 1.54) is 5.56 Å². The van der Waals surface area contributed by atoms with E-state index in [9.17, 15) is 4.79 Å². The fourth-order valence-electron chi connectivity index (χ4n) is 2.35. The van der Waals surface area contributed by atoms with Gasteiger partial charge in [-0.15, -0.1) is 0 Å². The van der Waals surface area contributed by atoms with Crippen LogP contribution in [0.25, 0.3) is 10.9 Å². The molecule has 3 N–H and O–H groups in total. The lowest BCUT2D eigenvalue weighted by Crippen LogP contribution is -1.99. The third-order valence-corrected chi connectivity index (χ3v) is 3.28. The number of fused-ring (bicyclic) bond motifs is 1. The zero-order valence-electron chi connectivity index (χ0n) is 10.6. The number of carboxylic acids is 1. The van der Waals surface area contributed by atoms with Gasteiger partial charge in [-0.1, -0.05) is 0 Å². The lowest BCUT2D eigenvalue weighted by atomic mass is 10.0. The second kappa shape index (κ2) is 4.82. The van der Waals surface area contributed by atoms with Crippen LogP contribution in [-0.2, 0) is 6.42 Å². The van der Waals surface area contributed by atoms with Crippen molar-refractivity contribution in [2.24, 2.45) is 0 Å². The normalized spacial score (nSPS) is 11.1. The summed E-state index contributed by atoms with van der Waals surface area (Å²) in [4.78, 5) is 14.3. The summed E-state index contributed by atoms with van der Waals surface area (Å²) in [6, 6.07) is 3.59. The highest BCUT2D eigenvalue weighted by molar-refractivity contribution is 5.96. The first-order valence-corrected chi connectivity index (χ1v) is 6.00. The Morgan fingerprint density at radius 3 is 2.67 bits per heavy atom. The molecule has 0 fully saturated rings. The van der Waals surface area contributed by atoms with Crippen molar-refractivity contribution >= 4 is 16.9 Å². The summed E-state index contributed by atoms with van der Waals surface area (Å²) in [7, 11) is 0. The van der Waals surface area contributed by atoms with Crippen LogP contribution in [0.2, 0.25) is 0 Å². The molecule has 2 aromatic rings. The van der Waals surface area contributed by atoms with Crippen molar-refractivity contribution < 1.29 is 15.0 Å². The van der Waals surface area contributed by atoms with Gasteiger partial charge in [0.15, 0.2) is 0 Å². The van der Waals surface area contributed by atoms with E-state index in [1.807, 2.05) is 13.0 Å². The molecule has 0 radical (unpaired) electrons. The Morgan fingerprint density at radius 1 is 1.33 bits per heavy atom. The Bertz CT molecular complexity index is 599. The summed E-state index contributed by atoms with van der Waals surface area (Å²) in [6.45, 7) is 3.95. The maximum Gasteiger partial charge on any atom is 0.336 e. The molecule has 1 aromatic carbocycles. The fourth-order valence-corrected chi connectivity index (χ4v) is 2.35. The second-order valence-electron chi connectivity index (χ2n) is 4.57. The number of benzene rings is 1. The van der Waals surface area contributed by atoms with Crippen LogP contribution in [0.4, 0.5) is 0 Å². The first kappa shape index (κ1) is 12.6. The van der Waals surface area contributed by atoms with E-state index in [2.05, 4.69) is 4.98 Å². The molecule has 0 aliphatic carbocycles. The van der Waals surface area contributed by atoms with Gasteiger partial charge in [0.05, 0.1) is 5.56 Å². The maximum atomic E-state index is 11.1. The van der Waals surface area contributed by atoms with Crippen molar-refractivity contribution in [3.8, 4) is 0 Å². The van der Waals surface area contributed by atoms with Crippen molar-refractivity contribution in [1.82, 2.24) is 4.98 Å². The molecule has 4 nitrogen and oxygen atoms in total. The molecule has 0 aliphatic heterocycles. The van der Waals surface area contributed by atoms with Crippen molar-refractivity contribution in [1.29, 1.82) is 0 Å². The van der Waals surface area contributed by atoms with Crippen LogP contribution >= 0.6 is 0 Å². The maximum absolute atomic E-state index is 11.1. The van der Waals surface area contributed by atoms with Gasteiger partial charge in [0.2, 0.25) is 0 Å². The summed E-state index contributed by atoms with van der Waals surface area (Å²) in [5.74, 6) is -0.904. The molecule has 96 valence electrons. The van der Waals surface area contributed by atoms with Gasteiger partial charge in [0.1, 0.15) is 0 Å². The number of hydrogen-bond donors (Lipinski definition) is 3. The smallest absolute Gasteiger partial charge is 0.336 e. The number of aryl methyl sites for hydroxylation is 3. The van der Waals surface area contributed by atoms with Crippen molar-refractivity contribution in [3.63, 3.8) is 0 Å². The summed E-state index contributed by atoms with van der Waals surface area (Å²) in [5, 5.41) is 19.1. The predicted octanol–water partition coefficient (Wildman–Crippen LogP) is 2.41. The Hall–Kier alpha value is -1.81. The molecule has 0 amide bonds. The molecular formula is C14H17NO3. The highest BCUT2D eigenvalue weighted by atomic mass is 16.4. The molecule has 0 bridgehead atoms. The first-order chi connectivity index (χ1) is 8.54. The highest BCUT2D eigenvalue weighted by Gasteiger charge is 2.13. The van der Waals surface area contributed by atoms with Gasteiger partial charge in [-0.2, -0.15) is 0 Å². The van der Waals surface area contributed by atoms with Crippen molar-refractivity contribution in [2.45, 2.75) is 26.7 Å². The monoisotopic (exact) mass is 247 g/mol. The summed E-state index contributed by atoms with van der Waals surface area (Å²) in [6.07, 6.45) is 1.52. The quantitative estimate of drug-likeness (QED) is 0.776. The standard InChI is InChI=1S/C14H17NO3/c1-8-6-12-10(4-3-5-16)9(2)15-13(12)7-11(8)14(17)18/h6-7,15-16H,3-5H2,1-2H3,(H,17,18). The Morgan fingerprint density at radius 2 is 2.06 bits per heavy atom. The second-order valence-corrected chi connectivity index (χ2v) is 4.57. The van der Waals surface area contributed by atoms with Crippen LogP contribution in [0.5, 0.6) is 0 Å². The Balaban J connectivity index is 2.58. The van der Waals surface area contributed by atoms with Gasteiger partial charge in [-0.05, 0) is 49.9 Å². The SMILES string of the molecule is Cc1cc2c(CCCO)c(C)[nH]c2cc1C(=O)O. The van der Waals surface area contributed by atoms with E-state index in [4.69, 9.17) is 10.2 Å². The zero-order valence-corrected chi connectivity index (χ0v) is 10.6. The van der Waals surface area contributed by atoms with Crippen LogP contribution in [0.1, 0.15) is 33.6 Å². The summed E-state index contributed by atoms with van der Waals surface area (Å²) >= 11 is 0. The van der Waals surface area contributed by atoms with E-state index >= 15 is 0 Å². The number of carboxylic acid groups (broad SMARTS) is 1. The third kappa shape index (κ3) is 2.11. The third-order valence-electron chi connectivity index (χ3n) is 3.28. The van der Waals surface area contributed by atoms with Gasteiger partial charge in [-0.3, -0.25) is 0 Å². The summed E-state index contributed by atoms with van der Waals surface area (Å²) in [5.41, 5.74) is 4.15. The zero-order chi connectivity index (χ0) is 13.3. The van der Waals surface area contributed by atoms with Crippen LogP contribution in [0.15, 0.2) is 12.1 Å². The minimum absolute atomic E-state index is 0.165. The van der Waals surface area contributed by atoms with E-state index in [0.717, 1.165) is 28.6 Å². The molecule has 0 aliphatic rings. The average Bonchev–Trinajstić information content (AvgIpc) is 2.60. The van der Waals surface area contributed by atoms with Crippen LogP contribution in [0.3, 0.4) is 0 Å². The number of rotatable bonds is 4. The van der Waals surface area contributed by atoms with Gasteiger partial charge in [0.25, 0.3) is 0 Å². The predicted molar refractivity (Wildman–Crippen MR) is 70.1 cm³/mol. The molecular weight excluding hydrogens is 230 g/mol. The number of carbonyl (C=O) groups is 1. The number of aliphatic hydroxyl groups is 1. The largest absolute Gasteiger partial charge is 0.478 e. The Kier molecular flexibility index (Phi) is 3.39. The van der Waals surface area contributed by atoms with Crippen LogP contribution in [0, 0.1) is 13.8 Å². The number of aliphatic hydroxyl groups excluding tert-OH is 1. The minimum atomic E-state index is -0.904. The molecule has 18 heavy (non-hydrogen) atoms. The van der Waals surface area contributed by atoms with Gasteiger partial charge >= 0.3 is 5.97 Å². The lowest BCUT2D eigenvalue weighted by molar-refractivity contribution is 0.0696. The van der Waals surface area contributed by atoms with E-state index in [0.29, 0.717) is 12.0 Å². The fraction of sp³-hybridized carbons (Fsp3) is 0.357. The van der Waals surface area contributed by atoms with Crippen LogP contribution in [-0.4, -0.2) is 27.8 Å². The number of aromatic amines is 1. The van der Waals surface area contributed by atoms with Crippen LogP contribution < -0.4 is 0 Å². The number of aromatic carboxylic acids is 1. The average molecular weight is 247 g/mol. The molecule has 0 saturated carbocycles. The van der Waals surface area contributed by atoms with Crippen molar-refractivity contribution in [3.05, 3.63) is 34.5 Å². The summed E-state index contributed by atoms with van der Waals surface area (Å²) < 4.78 is 0. The van der Waals surface area contributed by atoms with Gasteiger partial charge in [-0.25, -0.2) is 4.79 Å². The van der Waals surface area contributed by atoms with E-state index in [-0.39, 0.29) is 6.61 Å². The molecule has 1 aromatic heterocycles. The number of aromatic nitrogens is 1. The number of H-pyrrole nitrogens is 1. The van der Waals surface area contributed by atoms with Gasteiger partial charge in [0, 0.05) is 23.2 Å². The highest BCUT2D eigenvalue weighted by Crippen LogP contribution is 2.26. The minimum Gasteiger partial charge on any atom is -0.478 e. The molecule has 2 rings (SSSR count). The number of hydrogen-bond acceptors (Lipinski definition) is 2. The lowest BCUT2D eigenvalue weighted by Gasteiger charge is -2.03. The van der Waals surface area contributed by atoms with E-state index < -0.39 is 5.97 Å². The topological polar surface area (TPSA) is 73.3 Å². The molecule has 4 heteroatoms. The Labute approximate surface area is 105 Å². The molecule has 0 saturated heterocycles. The molecule has 0 atom stereocenters. The molecule has 0 spiro atoms. The molecule has 1 heterocycles.